The van der Waals surface area contributed by atoms with Gasteiger partial charge in [0.05, 0.1) is 6.61 Å². The molecule has 2 aromatic heterocycles. The number of rotatable bonds is 5. The number of hydrogen-bond donors (Lipinski definition) is 1. The van der Waals surface area contributed by atoms with Crippen molar-refractivity contribution in [2.24, 2.45) is 19.8 Å². The van der Waals surface area contributed by atoms with E-state index in [-0.39, 0.29) is 11.6 Å². The number of nitrogens with zero attached hydrogens (tertiary/aromatic N) is 4. The highest BCUT2D eigenvalue weighted by Crippen LogP contribution is 2.17. The van der Waals surface area contributed by atoms with Crippen LogP contribution < -0.4 is 17.0 Å². The van der Waals surface area contributed by atoms with Crippen molar-refractivity contribution in [2.45, 2.75) is 19.4 Å². The van der Waals surface area contributed by atoms with Gasteiger partial charge in [-0.15, -0.1) is 0 Å². The van der Waals surface area contributed by atoms with E-state index in [0.717, 1.165) is 4.57 Å². The lowest BCUT2D eigenvalue weighted by molar-refractivity contribution is 0.199. The van der Waals surface area contributed by atoms with Gasteiger partial charge in [0.25, 0.3) is 5.56 Å². The highest BCUT2D eigenvalue weighted by atomic mass is 16.5. The maximum Gasteiger partial charge on any atom is 0.332 e. The standard InChI is InChI=1S/C13H21N5O3/c1-8(7-14)18-9(5-6-21-4)15-11-10(18)12(19)17(3)13(20)16(11)2/h8H,5-7,14H2,1-4H3. The van der Waals surface area contributed by atoms with Crippen LogP contribution in [-0.2, 0) is 25.3 Å². The number of methoxy groups -OCH3 is 1. The number of fused-ring (bicyclic) bond motifs is 1. The minimum absolute atomic E-state index is 0.0907. The molecule has 2 N–H and O–H groups in total. The normalized spacial score (nSPS) is 13.0. The van der Waals surface area contributed by atoms with Gasteiger partial charge in [-0.05, 0) is 6.92 Å². The van der Waals surface area contributed by atoms with Crippen LogP contribution in [0.1, 0.15) is 18.8 Å². The summed E-state index contributed by atoms with van der Waals surface area (Å²) >= 11 is 0. The first-order valence-electron chi connectivity index (χ1n) is 6.79. The molecule has 0 amide bonds. The first-order valence-corrected chi connectivity index (χ1v) is 6.79. The van der Waals surface area contributed by atoms with Crippen molar-refractivity contribution in [2.75, 3.05) is 20.3 Å². The van der Waals surface area contributed by atoms with E-state index in [9.17, 15) is 9.59 Å². The number of nitrogens with two attached hydrogens (primary N) is 1. The second kappa shape index (κ2) is 5.82. The van der Waals surface area contributed by atoms with Gasteiger partial charge in [-0.1, -0.05) is 0 Å². The second-order valence-electron chi connectivity index (χ2n) is 5.10. The summed E-state index contributed by atoms with van der Waals surface area (Å²) in [4.78, 5) is 28.9. The fourth-order valence-electron chi connectivity index (χ4n) is 2.41. The molecule has 0 aliphatic carbocycles. The predicted octanol–water partition coefficient (Wildman–Crippen LogP) is -0.858. The van der Waals surface area contributed by atoms with Crippen LogP contribution in [0.4, 0.5) is 0 Å². The van der Waals surface area contributed by atoms with Gasteiger partial charge in [-0.2, -0.15) is 0 Å². The monoisotopic (exact) mass is 295 g/mol. The van der Waals surface area contributed by atoms with Crippen molar-refractivity contribution in [3.63, 3.8) is 0 Å². The molecule has 0 aliphatic heterocycles. The van der Waals surface area contributed by atoms with Crippen LogP contribution in [0.15, 0.2) is 9.59 Å². The highest BCUT2D eigenvalue weighted by molar-refractivity contribution is 5.71. The molecule has 0 saturated heterocycles. The quantitative estimate of drug-likeness (QED) is 0.774. The SMILES string of the molecule is COCCc1nc2c(c(=O)n(C)c(=O)n2C)n1C(C)CN. The van der Waals surface area contributed by atoms with E-state index in [0.29, 0.717) is 36.6 Å². The van der Waals surface area contributed by atoms with Crippen LogP contribution in [0, 0.1) is 0 Å². The largest absolute Gasteiger partial charge is 0.384 e. The van der Waals surface area contributed by atoms with Crippen molar-refractivity contribution in [1.29, 1.82) is 0 Å². The average Bonchev–Trinajstić information content (AvgIpc) is 2.87. The molecule has 0 aliphatic rings. The Hall–Kier alpha value is -1.93. The van der Waals surface area contributed by atoms with Crippen LogP contribution in [0.25, 0.3) is 11.2 Å². The second-order valence-corrected chi connectivity index (χ2v) is 5.10. The number of imidazole rings is 1. The van der Waals surface area contributed by atoms with Gasteiger partial charge in [-0.3, -0.25) is 13.9 Å². The Balaban J connectivity index is 2.87. The summed E-state index contributed by atoms with van der Waals surface area (Å²) in [7, 11) is 4.67. The fraction of sp³-hybridized carbons (Fsp3) is 0.615. The molecule has 1 unspecified atom stereocenters. The number of aromatic nitrogens is 4. The van der Waals surface area contributed by atoms with E-state index >= 15 is 0 Å². The molecule has 0 bridgehead atoms. The van der Waals surface area contributed by atoms with E-state index in [1.165, 1.54) is 11.6 Å². The third-order valence-corrected chi connectivity index (χ3v) is 3.68. The van der Waals surface area contributed by atoms with Gasteiger partial charge < -0.3 is 15.0 Å². The first kappa shape index (κ1) is 15.5. The molecule has 0 saturated carbocycles. The molecule has 1 atom stereocenters. The molecule has 0 aromatic carbocycles. The average molecular weight is 295 g/mol. The van der Waals surface area contributed by atoms with Crippen molar-refractivity contribution < 1.29 is 4.74 Å². The molecular weight excluding hydrogens is 274 g/mol. The van der Waals surface area contributed by atoms with Crippen LogP contribution in [0.5, 0.6) is 0 Å². The lowest BCUT2D eigenvalue weighted by atomic mass is 10.3. The molecule has 2 heterocycles. The number of ether oxygens (including phenoxy) is 1. The zero-order valence-corrected chi connectivity index (χ0v) is 12.8. The Morgan fingerprint density at radius 2 is 1.95 bits per heavy atom. The Labute approximate surface area is 121 Å². The van der Waals surface area contributed by atoms with Crippen molar-refractivity contribution >= 4 is 11.2 Å². The summed E-state index contributed by atoms with van der Waals surface area (Å²) in [5.41, 5.74) is 5.79. The molecule has 2 aromatic rings. The van der Waals surface area contributed by atoms with Gasteiger partial charge in [-0.25, -0.2) is 9.78 Å². The van der Waals surface area contributed by atoms with Gasteiger partial charge >= 0.3 is 5.69 Å². The molecule has 8 heteroatoms. The predicted molar refractivity (Wildman–Crippen MR) is 79.6 cm³/mol. The summed E-state index contributed by atoms with van der Waals surface area (Å²) in [6, 6.07) is -0.0907. The molecule has 8 nitrogen and oxygen atoms in total. The Bertz CT molecular complexity index is 771. The van der Waals surface area contributed by atoms with Crippen molar-refractivity contribution in [3.05, 3.63) is 26.7 Å². The smallest absolute Gasteiger partial charge is 0.332 e. The first-order chi connectivity index (χ1) is 9.93. The summed E-state index contributed by atoms with van der Waals surface area (Å²) in [6.45, 7) is 2.77. The minimum Gasteiger partial charge on any atom is -0.384 e. The Kier molecular flexibility index (Phi) is 4.29. The number of hydrogen-bond acceptors (Lipinski definition) is 5. The summed E-state index contributed by atoms with van der Waals surface area (Å²) < 4.78 is 9.37. The molecule has 21 heavy (non-hydrogen) atoms. The molecule has 2 rings (SSSR count). The minimum atomic E-state index is -0.393. The lowest BCUT2D eigenvalue weighted by Crippen LogP contribution is -2.38. The van der Waals surface area contributed by atoms with E-state index in [2.05, 4.69) is 4.98 Å². The van der Waals surface area contributed by atoms with Crippen LogP contribution in [0.3, 0.4) is 0 Å². The maximum absolute atomic E-state index is 12.4. The van der Waals surface area contributed by atoms with Crippen LogP contribution >= 0.6 is 0 Å². The molecule has 116 valence electrons. The lowest BCUT2D eigenvalue weighted by Gasteiger charge is -2.15. The Morgan fingerprint density at radius 3 is 2.52 bits per heavy atom. The molecule has 0 fully saturated rings. The van der Waals surface area contributed by atoms with Crippen molar-refractivity contribution in [3.8, 4) is 0 Å². The van der Waals surface area contributed by atoms with E-state index in [1.807, 2.05) is 11.5 Å². The van der Waals surface area contributed by atoms with Gasteiger partial charge in [0.1, 0.15) is 5.82 Å². The van der Waals surface area contributed by atoms with Crippen LogP contribution in [0.2, 0.25) is 0 Å². The van der Waals surface area contributed by atoms with E-state index in [4.69, 9.17) is 10.5 Å². The van der Waals surface area contributed by atoms with Gasteiger partial charge in [0.15, 0.2) is 11.2 Å². The Morgan fingerprint density at radius 1 is 1.29 bits per heavy atom. The van der Waals surface area contributed by atoms with Crippen molar-refractivity contribution in [1.82, 2.24) is 18.7 Å². The number of aryl methyl sites for hydroxylation is 1. The topological polar surface area (TPSA) is 97.1 Å². The highest BCUT2D eigenvalue weighted by Gasteiger charge is 2.21. The molecule has 0 spiro atoms. The third kappa shape index (κ3) is 2.40. The van der Waals surface area contributed by atoms with E-state index in [1.54, 1.807) is 14.2 Å². The zero-order chi connectivity index (χ0) is 15.7. The summed E-state index contributed by atoms with van der Waals surface area (Å²) in [6.07, 6.45) is 0.548. The van der Waals surface area contributed by atoms with Crippen LogP contribution in [-0.4, -0.2) is 38.9 Å². The van der Waals surface area contributed by atoms with Gasteiger partial charge in [0, 0.05) is 40.2 Å². The molecular formula is C13H21N5O3. The van der Waals surface area contributed by atoms with Gasteiger partial charge in [0.2, 0.25) is 0 Å². The zero-order valence-electron chi connectivity index (χ0n) is 12.8. The van der Waals surface area contributed by atoms with E-state index < -0.39 is 5.69 Å². The fourth-order valence-corrected chi connectivity index (χ4v) is 2.41. The molecule has 0 radical (unpaired) electrons. The summed E-state index contributed by atoms with van der Waals surface area (Å²) in [5.74, 6) is 0.697. The third-order valence-electron chi connectivity index (χ3n) is 3.68. The summed E-state index contributed by atoms with van der Waals surface area (Å²) in [5, 5.41) is 0. The maximum atomic E-state index is 12.4.